The Hall–Kier alpha value is -3.51. The molecule has 1 amide bonds. The Balaban J connectivity index is 1.80. The highest BCUT2D eigenvalue weighted by molar-refractivity contribution is 8.26. The number of nitro benzene ring substituents is 1. The fourth-order valence-electron chi connectivity index (χ4n) is 2.83. The van der Waals surface area contributed by atoms with Crippen molar-refractivity contribution in [2.24, 2.45) is 0 Å². The fourth-order valence-corrected chi connectivity index (χ4v) is 4.17. The molecule has 0 spiro atoms. The minimum absolute atomic E-state index is 0.0104. The van der Waals surface area contributed by atoms with Crippen LogP contribution >= 0.6 is 24.0 Å². The molecule has 12 heteroatoms. The number of nitro groups is 1. The Morgan fingerprint density at radius 2 is 1.90 bits per heavy atom. The van der Waals surface area contributed by atoms with Gasteiger partial charge in [-0.3, -0.25) is 24.6 Å². The first kappa shape index (κ1) is 22.2. The van der Waals surface area contributed by atoms with Crippen LogP contribution in [0.4, 0.5) is 5.69 Å². The number of carbonyl (C=O) groups excluding carboxylic acids is 1. The molecular weight excluding hydrogens is 448 g/mol. The molecular formula is C19H14N2O8S2. The highest BCUT2D eigenvalue weighted by Crippen LogP contribution is 2.35. The van der Waals surface area contributed by atoms with E-state index in [0.717, 1.165) is 16.7 Å². The Kier molecular flexibility index (Phi) is 6.51. The number of benzene rings is 1. The number of carbonyl (C=O) groups is 3. The van der Waals surface area contributed by atoms with Gasteiger partial charge in [0.25, 0.3) is 11.6 Å². The average Bonchev–Trinajstić information content (AvgIpc) is 3.28. The van der Waals surface area contributed by atoms with Gasteiger partial charge in [-0.15, -0.1) is 0 Å². The third kappa shape index (κ3) is 4.98. The number of carboxylic acids is 2. The number of amides is 1. The molecule has 1 saturated heterocycles. The zero-order valence-electron chi connectivity index (χ0n) is 15.6. The van der Waals surface area contributed by atoms with Crippen molar-refractivity contribution >= 4 is 57.9 Å². The first-order valence-corrected chi connectivity index (χ1v) is 9.96. The van der Waals surface area contributed by atoms with Crippen molar-refractivity contribution < 1.29 is 33.9 Å². The molecule has 0 bridgehead atoms. The zero-order valence-corrected chi connectivity index (χ0v) is 17.2. The van der Waals surface area contributed by atoms with E-state index in [-0.39, 0.29) is 21.3 Å². The van der Waals surface area contributed by atoms with Gasteiger partial charge in [0.2, 0.25) is 0 Å². The molecule has 31 heavy (non-hydrogen) atoms. The van der Waals surface area contributed by atoms with Gasteiger partial charge >= 0.3 is 11.9 Å². The van der Waals surface area contributed by atoms with Gasteiger partial charge in [-0.05, 0) is 30.7 Å². The fraction of sp³-hybridized carbons (Fsp3) is 0.158. The summed E-state index contributed by atoms with van der Waals surface area (Å²) in [6.07, 6.45) is 0.698. The van der Waals surface area contributed by atoms with E-state index >= 15 is 0 Å². The largest absolute Gasteiger partial charge is 0.481 e. The van der Waals surface area contributed by atoms with Gasteiger partial charge in [0.15, 0.2) is 0 Å². The summed E-state index contributed by atoms with van der Waals surface area (Å²) in [5, 5.41) is 29.0. The molecule has 1 aliphatic heterocycles. The van der Waals surface area contributed by atoms with Crippen LogP contribution in [0.1, 0.15) is 18.6 Å². The monoisotopic (exact) mass is 462 g/mol. The molecule has 10 nitrogen and oxygen atoms in total. The standard InChI is InChI=1S/C19H14N2O8S2/c22-16(23)8-6-13(18(25)26)20-17(24)15(31-19(20)30)9-12-5-7-14(29-12)10-1-3-11(4-2-10)21(27)28/h1-5,7,9,13H,6,8H2,(H,22,23)(H,25,26)/b15-9-/t13-/m1/s1. The van der Waals surface area contributed by atoms with Crippen LogP contribution in [0, 0.1) is 10.1 Å². The third-order valence-electron chi connectivity index (χ3n) is 4.31. The number of hydrogen-bond donors (Lipinski definition) is 2. The van der Waals surface area contributed by atoms with E-state index in [1.807, 2.05) is 0 Å². The number of thiocarbonyl (C=S) groups is 1. The number of rotatable bonds is 8. The zero-order chi connectivity index (χ0) is 22.7. The molecule has 2 N–H and O–H groups in total. The van der Waals surface area contributed by atoms with E-state index in [4.69, 9.17) is 21.7 Å². The summed E-state index contributed by atoms with van der Waals surface area (Å²) in [5.74, 6) is -2.47. The van der Waals surface area contributed by atoms with E-state index in [1.165, 1.54) is 30.3 Å². The molecule has 160 valence electrons. The summed E-state index contributed by atoms with van der Waals surface area (Å²) >= 11 is 6.02. The van der Waals surface area contributed by atoms with E-state index < -0.39 is 35.2 Å². The number of aliphatic carboxylic acids is 2. The van der Waals surface area contributed by atoms with Crippen LogP contribution in [-0.4, -0.2) is 48.2 Å². The molecule has 1 fully saturated rings. The van der Waals surface area contributed by atoms with E-state index in [2.05, 4.69) is 0 Å². The molecule has 0 radical (unpaired) electrons. The van der Waals surface area contributed by atoms with Crippen LogP contribution in [0.2, 0.25) is 0 Å². The molecule has 0 saturated carbocycles. The van der Waals surface area contributed by atoms with E-state index in [0.29, 0.717) is 17.1 Å². The minimum Gasteiger partial charge on any atom is -0.481 e. The number of thioether (sulfide) groups is 1. The predicted molar refractivity (Wildman–Crippen MR) is 114 cm³/mol. The second-order valence-corrected chi connectivity index (χ2v) is 8.02. The second kappa shape index (κ2) is 9.10. The van der Waals surface area contributed by atoms with Gasteiger partial charge in [-0.25, -0.2) is 4.79 Å². The van der Waals surface area contributed by atoms with Crippen LogP contribution in [0.3, 0.4) is 0 Å². The Morgan fingerprint density at radius 1 is 1.23 bits per heavy atom. The maximum Gasteiger partial charge on any atom is 0.326 e. The third-order valence-corrected chi connectivity index (χ3v) is 5.65. The maximum atomic E-state index is 12.7. The maximum absolute atomic E-state index is 12.7. The quantitative estimate of drug-likeness (QED) is 0.258. The molecule has 1 aromatic heterocycles. The second-order valence-electron chi connectivity index (χ2n) is 6.34. The molecule has 1 aromatic carbocycles. The van der Waals surface area contributed by atoms with Crippen molar-refractivity contribution in [3.63, 3.8) is 0 Å². The lowest BCUT2D eigenvalue weighted by Crippen LogP contribution is -2.44. The molecule has 3 rings (SSSR count). The number of nitrogens with zero attached hydrogens (tertiary/aromatic N) is 2. The highest BCUT2D eigenvalue weighted by Gasteiger charge is 2.40. The van der Waals surface area contributed by atoms with Gasteiger partial charge in [-0.1, -0.05) is 24.0 Å². The van der Waals surface area contributed by atoms with Crippen molar-refractivity contribution in [2.75, 3.05) is 0 Å². The summed E-state index contributed by atoms with van der Waals surface area (Å²) in [6.45, 7) is 0. The van der Waals surface area contributed by atoms with Gasteiger partial charge < -0.3 is 14.6 Å². The first-order chi connectivity index (χ1) is 14.7. The summed E-state index contributed by atoms with van der Waals surface area (Å²) in [4.78, 5) is 46.3. The van der Waals surface area contributed by atoms with Crippen LogP contribution < -0.4 is 0 Å². The van der Waals surface area contributed by atoms with Crippen molar-refractivity contribution in [3.05, 3.63) is 57.2 Å². The SMILES string of the molecule is O=C(O)CC[C@H](C(=O)O)N1C(=O)/C(=C/c2ccc(-c3ccc([N+](=O)[O-])cc3)o2)SC1=S. The van der Waals surface area contributed by atoms with Gasteiger partial charge in [-0.2, -0.15) is 0 Å². The molecule has 0 aliphatic carbocycles. The van der Waals surface area contributed by atoms with Crippen LogP contribution in [0.5, 0.6) is 0 Å². The Labute approximate surface area is 184 Å². The lowest BCUT2D eigenvalue weighted by molar-refractivity contribution is -0.384. The van der Waals surface area contributed by atoms with E-state index in [9.17, 15) is 29.6 Å². The van der Waals surface area contributed by atoms with Crippen molar-refractivity contribution in [3.8, 4) is 11.3 Å². The van der Waals surface area contributed by atoms with Gasteiger partial charge in [0, 0.05) is 30.2 Å². The Bertz CT molecular complexity index is 1110. The average molecular weight is 462 g/mol. The lowest BCUT2D eigenvalue weighted by atomic mass is 10.1. The van der Waals surface area contributed by atoms with Crippen molar-refractivity contribution in [1.29, 1.82) is 0 Å². The number of carboxylic acid groups (broad SMARTS) is 2. The minimum atomic E-state index is -1.39. The summed E-state index contributed by atoms with van der Waals surface area (Å²) in [7, 11) is 0. The smallest absolute Gasteiger partial charge is 0.326 e. The van der Waals surface area contributed by atoms with Crippen molar-refractivity contribution in [1.82, 2.24) is 4.90 Å². The van der Waals surface area contributed by atoms with Crippen LogP contribution in [0.15, 0.2) is 45.7 Å². The number of hydrogen-bond acceptors (Lipinski definition) is 8. The molecule has 0 unspecified atom stereocenters. The summed E-state index contributed by atoms with van der Waals surface area (Å²) in [5.41, 5.74) is 0.535. The van der Waals surface area contributed by atoms with Crippen molar-refractivity contribution in [2.45, 2.75) is 18.9 Å². The summed E-state index contributed by atoms with van der Waals surface area (Å²) in [6, 6.07) is 7.56. The molecule has 1 aliphatic rings. The Morgan fingerprint density at radius 3 is 2.48 bits per heavy atom. The number of non-ortho nitro benzene ring substituents is 1. The van der Waals surface area contributed by atoms with Crippen LogP contribution in [0.25, 0.3) is 17.4 Å². The van der Waals surface area contributed by atoms with E-state index in [1.54, 1.807) is 12.1 Å². The first-order valence-electron chi connectivity index (χ1n) is 8.73. The van der Waals surface area contributed by atoms with Gasteiger partial charge in [0.1, 0.15) is 21.9 Å². The topological polar surface area (TPSA) is 151 Å². The molecule has 2 heterocycles. The van der Waals surface area contributed by atoms with Crippen LogP contribution in [-0.2, 0) is 14.4 Å². The molecule has 1 atom stereocenters. The number of furan rings is 1. The van der Waals surface area contributed by atoms with Gasteiger partial charge in [0.05, 0.1) is 9.83 Å². The predicted octanol–water partition coefficient (Wildman–Crippen LogP) is 3.37. The lowest BCUT2D eigenvalue weighted by Gasteiger charge is -2.22. The molecule has 2 aromatic rings. The highest BCUT2D eigenvalue weighted by atomic mass is 32.2. The summed E-state index contributed by atoms with van der Waals surface area (Å²) < 4.78 is 5.68. The normalized spacial score (nSPS) is 16.0.